The number of nitrogens with two attached hydrogens (primary N) is 1. The Morgan fingerprint density at radius 1 is 1.39 bits per heavy atom. The van der Waals surface area contributed by atoms with E-state index in [2.05, 4.69) is 15.7 Å². The minimum atomic E-state index is 0.591. The summed E-state index contributed by atoms with van der Waals surface area (Å²) in [7, 11) is 0. The number of hydrogen-bond donors (Lipinski definition) is 2. The van der Waals surface area contributed by atoms with Gasteiger partial charge in [0.25, 0.3) is 0 Å². The van der Waals surface area contributed by atoms with Crippen molar-refractivity contribution in [1.82, 2.24) is 4.98 Å². The molecule has 1 aromatic carbocycles. The van der Waals surface area contributed by atoms with Gasteiger partial charge in [0.05, 0.1) is 15.7 Å². The molecule has 3 nitrogen and oxygen atoms in total. The molecule has 0 aliphatic heterocycles. The van der Waals surface area contributed by atoms with E-state index in [1.807, 2.05) is 26.0 Å². The van der Waals surface area contributed by atoms with Crippen molar-refractivity contribution in [3.63, 3.8) is 0 Å². The van der Waals surface area contributed by atoms with Crippen LogP contribution in [-0.2, 0) is 6.42 Å². The molecule has 18 heavy (non-hydrogen) atoms. The first kappa shape index (κ1) is 13.2. The van der Waals surface area contributed by atoms with Crippen LogP contribution >= 0.6 is 22.9 Å². The lowest BCUT2D eigenvalue weighted by Gasteiger charge is -2.10. The van der Waals surface area contributed by atoms with Crippen LogP contribution in [0, 0.1) is 13.8 Å². The number of benzene rings is 1. The summed E-state index contributed by atoms with van der Waals surface area (Å²) >= 11 is 7.71. The monoisotopic (exact) mass is 281 g/mol. The molecule has 2 rings (SSSR count). The standard InChI is InChI=1S/C13H16ClN3S/c1-8-5-11(15)10(14)6-12(8)16-4-3-13-17-9(2)7-18-13/h5-7,16H,3-4,15H2,1-2H3. The van der Waals surface area contributed by atoms with Crippen molar-refractivity contribution in [3.05, 3.63) is 38.8 Å². The van der Waals surface area contributed by atoms with Gasteiger partial charge in [-0.3, -0.25) is 0 Å². The van der Waals surface area contributed by atoms with Gasteiger partial charge in [0.1, 0.15) is 0 Å². The van der Waals surface area contributed by atoms with E-state index in [0.717, 1.165) is 34.9 Å². The van der Waals surface area contributed by atoms with E-state index in [0.29, 0.717) is 10.7 Å². The Kier molecular flexibility index (Phi) is 4.09. The average molecular weight is 282 g/mol. The largest absolute Gasteiger partial charge is 0.398 e. The number of nitrogens with one attached hydrogen (secondary N) is 1. The molecule has 1 aromatic heterocycles. The van der Waals surface area contributed by atoms with Crippen LogP contribution in [0.4, 0.5) is 11.4 Å². The predicted molar refractivity (Wildman–Crippen MR) is 79.6 cm³/mol. The van der Waals surface area contributed by atoms with Gasteiger partial charge in [-0.25, -0.2) is 4.98 Å². The molecule has 0 aliphatic carbocycles. The Bertz CT molecular complexity index is 551. The summed E-state index contributed by atoms with van der Waals surface area (Å²) in [5.41, 5.74) is 9.58. The molecular formula is C13H16ClN3S. The molecule has 0 bridgehead atoms. The van der Waals surface area contributed by atoms with Gasteiger partial charge >= 0.3 is 0 Å². The summed E-state index contributed by atoms with van der Waals surface area (Å²) in [4.78, 5) is 4.43. The van der Waals surface area contributed by atoms with Gasteiger partial charge in [0, 0.05) is 29.7 Å². The lowest BCUT2D eigenvalue weighted by Crippen LogP contribution is -2.06. The second-order valence-electron chi connectivity index (χ2n) is 4.25. The van der Waals surface area contributed by atoms with Gasteiger partial charge in [0.2, 0.25) is 0 Å². The van der Waals surface area contributed by atoms with Crippen LogP contribution in [0.1, 0.15) is 16.3 Å². The second kappa shape index (κ2) is 5.59. The molecule has 0 aliphatic rings. The topological polar surface area (TPSA) is 50.9 Å². The van der Waals surface area contributed by atoms with Gasteiger partial charge < -0.3 is 11.1 Å². The highest BCUT2D eigenvalue weighted by molar-refractivity contribution is 7.09. The smallest absolute Gasteiger partial charge is 0.0945 e. The van der Waals surface area contributed by atoms with Crippen molar-refractivity contribution in [2.75, 3.05) is 17.6 Å². The van der Waals surface area contributed by atoms with Crippen LogP contribution in [0.3, 0.4) is 0 Å². The molecule has 0 unspecified atom stereocenters. The zero-order valence-corrected chi connectivity index (χ0v) is 12.0. The van der Waals surface area contributed by atoms with Crippen LogP contribution in [0.2, 0.25) is 5.02 Å². The number of hydrogen-bond acceptors (Lipinski definition) is 4. The number of nitrogens with zero attached hydrogens (tertiary/aromatic N) is 1. The third kappa shape index (κ3) is 3.15. The van der Waals surface area contributed by atoms with E-state index in [-0.39, 0.29) is 0 Å². The molecule has 0 saturated heterocycles. The number of thiazole rings is 1. The molecule has 0 radical (unpaired) electrons. The first-order valence-electron chi connectivity index (χ1n) is 5.77. The van der Waals surface area contributed by atoms with Gasteiger partial charge in [-0.15, -0.1) is 11.3 Å². The fraction of sp³-hybridized carbons (Fsp3) is 0.308. The Balaban J connectivity index is 1.96. The number of aromatic nitrogens is 1. The van der Waals surface area contributed by atoms with Crippen molar-refractivity contribution < 1.29 is 0 Å². The average Bonchev–Trinajstić information content (AvgIpc) is 2.71. The van der Waals surface area contributed by atoms with Crippen LogP contribution in [0.15, 0.2) is 17.5 Å². The summed E-state index contributed by atoms with van der Waals surface area (Å²) in [6.45, 7) is 4.87. The number of aryl methyl sites for hydroxylation is 2. The van der Waals surface area contributed by atoms with E-state index in [4.69, 9.17) is 17.3 Å². The highest BCUT2D eigenvalue weighted by Gasteiger charge is 2.04. The zero-order chi connectivity index (χ0) is 13.1. The molecule has 96 valence electrons. The Labute approximate surface area is 116 Å². The maximum Gasteiger partial charge on any atom is 0.0945 e. The maximum atomic E-state index is 6.01. The van der Waals surface area contributed by atoms with Crippen LogP contribution < -0.4 is 11.1 Å². The van der Waals surface area contributed by atoms with Crippen molar-refractivity contribution in [2.45, 2.75) is 20.3 Å². The predicted octanol–water partition coefficient (Wildman–Crippen LogP) is 3.65. The van der Waals surface area contributed by atoms with Crippen molar-refractivity contribution in [3.8, 4) is 0 Å². The molecular weight excluding hydrogens is 266 g/mol. The zero-order valence-electron chi connectivity index (χ0n) is 10.5. The number of anilines is 2. The van der Waals surface area contributed by atoms with E-state index < -0.39 is 0 Å². The SMILES string of the molecule is Cc1csc(CCNc2cc(Cl)c(N)cc2C)n1. The Hall–Kier alpha value is -1.26. The molecule has 2 aromatic rings. The summed E-state index contributed by atoms with van der Waals surface area (Å²) in [6, 6.07) is 3.76. The summed E-state index contributed by atoms with van der Waals surface area (Å²) in [5.74, 6) is 0. The Morgan fingerprint density at radius 3 is 2.83 bits per heavy atom. The molecule has 0 saturated carbocycles. The number of rotatable bonds is 4. The van der Waals surface area contributed by atoms with Crippen LogP contribution in [0.25, 0.3) is 0 Å². The highest BCUT2D eigenvalue weighted by atomic mass is 35.5. The summed E-state index contributed by atoms with van der Waals surface area (Å²) < 4.78 is 0. The van der Waals surface area contributed by atoms with Gasteiger partial charge in [-0.05, 0) is 31.5 Å². The lowest BCUT2D eigenvalue weighted by atomic mass is 10.2. The van der Waals surface area contributed by atoms with Gasteiger partial charge in [-0.2, -0.15) is 0 Å². The van der Waals surface area contributed by atoms with Gasteiger partial charge in [0.15, 0.2) is 0 Å². The van der Waals surface area contributed by atoms with E-state index in [9.17, 15) is 0 Å². The molecule has 1 heterocycles. The van der Waals surface area contributed by atoms with Crippen LogP contribution in [0.5, 0.6) is 0 Å². The lowest BCUT2D eigenvalue weighted by molar-refractivity contribution is 0.985. The minimum absolute atomic E-state index is 0.591. The number of halogens is 1. The summed E-state index contributed by atoms with van der Waals surface area (Å²) in [6.07, 6.45) is 0.917. The van der Waals surface area contributed by atoms with E-state index in [1.165, 1.54) is 0 Å². The third-order valence-electron chi connectivity index (χ3n) is 2.66. The second-order valence-corrected chi connectivity index (χ2v) is 5.60. The quantitative estimate of drug-likeness (QED) is 0.841. The molecule has 0 atom stereocenters. The molecule has 0 spiro atoms. The van der Waals surface area contributed by atoms with E-state index >= 15 is 0 Å². The fourth-order valence-corrected chi connectivity index (χ4v) is 2.66. The molecule has 5 heteroatoms. The normalized spacial score (nSPS) is 10.6. The third-order valence-corrected chi connectivity index (χ3v) is 4.02. The summed E-state index contributed by atoms with van der Waals surface area (Å²) in [5, 5.41) is 7.18. The fourth-order valence-electron chi connectivity index (χ4n) is 1.72. The maximum absolute atomic E-state index is 6.01. The van der Waals surface area contributed by atoms with Crippen LogP contribution in [-0.4, -0.2) is 11.5 Å². The molecule has 0 amide bonds. The molecule has 3 N–H and O–H groups in total. The highest BCUT2D eigenvalue weighted by Crippen LogP contribution is 2.26. The minimum Gasteiger partial charge on any atom is -0.398 e. The first-order valence-corrected chi connectivity index (χ1v) is 7.02. The number of nitrogen functional groups attached to an aromatic ring is 1. The Morgan fingerprint density at radius 2 is 2.17 bits per heavy atom. The van der Waals surface area contributed by atoms with E-state index in [1.54, 1.807) is 11.3 Å². The van der Waals surface area contributed by atoms with Crippen molar-refractivity contribution in [2.24, 2.45) is 0 Å². The van der Waals surface area contributed by atoms with Crippen molar-refractivity contribution in [1.29, 1.82) is 0 Å². The molecule has 0 fully saturated rings. The van der Waals surface area contributed by atoms with Gasteiger partial charge in [-0.1, -0.05) is 11.6 Å². The first-order chi connectivity index (χ1) is 8.56. The van der Waals surface area contributed by atoms with Crippen molar-refractivity contribution >= 4 is 34.3 Å².